The van der Waals surface area contributed by atoms with Gasteiger partial charge in [0.25, 0.3) is 5.22 Å². The predicted octanol–water partition coefficient (Wildman–Crippen LogP) is 2.14. The molecule has 1 aromatic heterocycles. The molecule has 3 rings (SSSR count). The smallest absolute Gasteiger partial charge is 0.277 e. The molecular formula is C17H21N3O4S2. The van der Waals surface area contributed by atoms with Gasteiger partial charge in [-0.15, -0.1) is 10.2 Å². The van der Waals surface area contributed by atoms with Crippen LogP contribution in [0.1, 0.15) is 24.5 Å². The van der Waals surface area contributed by atoms with Gasteiger partial charge in [0, 0.05) is 11.6 Å². The van der Waals surface area contributed by atoms with E-state index in [0.29, 0.717) is 17.5 Å². The third-order valence-electron chi connectivity index (χ3n) is 4.39. The van der Waals surface area contributed by atoms with Crippen LogP contribution in [0.4, 0.5) is 0 Å². The highest BCUT2D eigenvalue weighted by Crippen LogP contribution is 2.27. The van der Waals surface area contributed by atoms with Crippen molar-refractivity contribution >= 4 is 27.5 Å². The zero-order valence-corrected chi connectivity index (χ0v) is 16.5. The van der Waals surface area contributed by atoms with Crippen molar-refractivity contribution in [1.29, 1.82) is 0 Å². The number of amides is 1. The summed E-state index contributed by atoms with van der Waals surface area (Å²) in [6.45, 7) is 5.77. The first kappa shape index (κ1) is 18.9. The summed E-state index contributed by atoms with van der Waals surface area (Å²) >= 11 is 1.16. The summed E-state index contributed by atoms with van der Waals surface area (Å²) in [5, 5.41) is 10.7. The van der Waals surface area contributed by atoms with Gasteiger partial charge in [-0.25, -0.2) is 8.42 Å². The maximum absolute atomic E-state index is 12.3. The van der Waals surface area contributed by atoms with E-state index in [9.17, 15) is 13.2 Å². The Bertz CT molecular complexity index is 924. The highest BCUT2D eigenvalue weighted by Gasteiger charge is 2.30. The molecule has 0 saturated carbocycles. The fraction of sp³-hybridized carbons (Fsp3) is 0.471. The third kappa shape index (κ3) is 4.45. The number of carbonyl (C=O) groups is 1. The summed E-state index contributed by atoms with van der Waals surface area (Å²) in [5.41, 5.74) is 3.15. The van der Waals surface area contributed by atoms with E-state index in [1.165, 1.54) is 5.56 Å². The highest BCUT2D eigenvalue weighted by atomic mass is 32.2. The predicted molar refractivity (Wildman–Crippen MR) is 99.7 cm³/mol. The summed E-state index contributed by atoms with van der Waals surface area (Å²) in [4.78, 5) is 12.3. The van der Waals surface area contributed by atoms with Crippen LogP contribution in [0.2, 0.25) is 0 Å². The number of thioether (sulfide) groups is 1. The second-order valence-electron chi connectivity index (χ2n) is 6.54. The number of carbonyl (C=O) groups excluding carboxylic acids is 1. The van der Waals surface area contributed by atoms with Gasteiger partial charge in [0.1, 0.15) is 0 Å². The SMILES string of the molecule is Cc1ccc(-c2nnc(S[C@@H](C)C(=O)N[C@@H]3CCS(=O)(=O)C3)o2)cc1C. The van der Waals surface area contributed by atoms with Gasteiger partial charge in [0.05, 0.1) is 16.8 Å². The van der Waals surface area contributed by atoms with E-state index < -0.39 is 15.1 Å². The molecule has 0 aliphatic carbocycles. The standard InChI is InChI=1S/C17H21N3O4S2/c1-10-4-5-13(8-11(10)2)16-19-20-17(24-16)25-12(3)15(21)18-14-6-7-26(22,23)9-14/h4-5,8,12,14H,6-7,9H2,1-3H3,(H,18,21)/t12-,14+/m0/s1. The molecule has 0 radical (unpaired) electrons. The maximum atomic E-state index is 12.3. The van der Waals surface area contributed by atoms with Crippen molar-refractivity contribution in [2.24, 2.45) is 0 Å². The lowest BCUT2D eigenvalue weighted by molar-refractivity contribution is -0.120. The normalized spacial score (nSPS) is 20.0. The molecule has 1 fully saturated rings. The summed E-state index contributed by atoms with van der Waals surface area (Å²) in [6.07, 6.45) is 0.461. The lowest BCUT2D eigenvalue weighted by Crippen LogP contribution is -2.39. The molecular weight excluding hydrogens is 374 g/mol. The Morgan fingerprint density at radius 3 is 2.73 bits per heavy atom. The number of nitrogens with zero attached hydrogens (tertiary/aromatic N) is 2. The Balaban J connectivity index is 1.61. The van der Waals surface area contributed by atoms with Gasteiger partial charge >= 0.3 is 0 Å². The number of benzene rings is 1. The zero-order chi connectivity index (χ0) is 18.9. The fourth-order valence-electron chi connectivity index (χ4n) is 2.68. The molecule has 0 unspecified atom stereocenters. The molecule has 1 aromatic carbocycles. The molecule has 7 nitrogen and oxygen atoms in total. The largest absolute Gasteiger partial charge is 0.411 e. The van der Waals surface area contributed by atoms with Gasteiger partial charge in [-0.1, -0.05) is 17.8 Å². The minimum atomic E-state index is -3.02. The first-order chi connectivity index (χ1) is 12.2. The molecule has 1 N–H and O–H groups in total. The van der Waals surface area contributed by atoms with Crippen LogP contribution in [0.25, 0.3) is 11.5 Å². The molecule has 1 saturated heterocycles. The first-order valence-corrected chi connectivity index (χ1v) is 11.0. The summed E-state index contributed by atoms with van der Waals surface area (Å²) in [5.74, 6) is 0.309. The number of hydrogen-bond donors (Lipinski definition) is 1. The van der Waals surface area contributed by atoms with Crippen molar-refractivity contribution in [3.05, 3.63) is 29.3 Å². The van der Waals surface area contributed by atoms with Crippen LogP contribution in [-0.4, -0.2) is 47.3 Å². The number of aromatic nitrogens is 2. The van der Waals surface area contributed by atoms with Gasteiger partial charge in [-0.05, 0) is 50.5 Å². The van der Waals surface area contributed by atoms with Crippen molar-refractivity contribution in [3.63, 3.8) is 0 Å². The van der Waals surface area contributed by atoms with Crippen LogP contribution in [0.5, 0.6) is 0 Å². The first-order valence-electron chi connectivity index (χ1n) is 8.32. The van der Waals surface area contributed by atoms with E-state index in [2.05, 4.69) is 15.5 Å². The van der Waals surface area contributed by atoms with Crippen LogP contribution in [0, 0.1) is 13.8 Å². The van der Waals surface area contributed by atoms with Gasteiger partial charge < -0.3 is 9.73 Å². The highest BCUT2D eigenvalue weighted by molar-refractivity contribution is 8.00. The molecule has 140 valence electrons. The zero-order valence-electron chi connectivity index (χ0n) is 14.9. The average Bonchev–Trinajstić information content (AvgIpc) is 3.16. The summed E-state index contributed by atoms with van der Waals surface area (Å²) < 4.78 is 28.6. The quantitative estimate of drug-likeness (QED) is 0.774. The second kappa shape index (κ2) is 7.40. The lowest BCUT2D eigenvalue weighted by atomic mass is 10.1. The Labute approximate surface area is 156 Å². The van der Waals surface area contributed by atoms with E-state index in [1.807, 2.05) is 32.0 Å². The number of aryl methyl sites for hydroxylation is 2. The summed E-state index contributed by atoms with van der Waals surface area (Å²) in [6, 6.07) is 5.58. The molecule has 0 spiro atoms. The topological polar surface area (TPSA) is 102 Å². The second-order valence-corrected chi connectivity index (χ2v) is 10.1. The van der Waals surface area contributed by atoms with Crippen molar-refractivity contribution in [2.45, 2.75) is 43.7 Å². The van der Waals surface area contributed by atoms with Crippen LogP contribution >= 0.6 is 11.8 Å². The van der Waals surface area contributed by atoms with Crippen LogP contribution in [0.3, 0.4) is 0 Å². The minimum absolute atomic E-state index is 0.00755. The van der Waals surface area contributed by atoms with Crippen LogP contribution in [-0.2, 0) is 14.6 Å². The van der Waals surface area contributed by atoms with E-state index in [0.717, 1.165) is 22.9 Å². The minimum Gasteiger partial charge on any atom is -0.411 e. The van der Waals surface area contributed by atoms with E-state index in [1.54, 1.807) is 6.92 Å². The Morgan fingerprint density at radius 2 is 2.08 bits per heavy atom. The van der Waals surface area contributed by atoms with Crippen molar-refractivity contribution < 1.29 is 17.6 Å². The molecule has 9 heteroatoms. The van der Waals surface area contributed by atoms with Crippen LogP contribution < -0.4 is 5.32 Å². The monoisotopic (exact) mass is 395 g/mol. The van der Waals surface area contributed by atoms with Crippen molar-refractivity contribution in [1.82, 2.24) is 15.5 Å². The average molecular weight is 396 g/mol. The van der Waals surface area contributed by atoms with Gasteiger partial charge in [-0.2, -0.15) is 0 Å². The van der Waals surface area contributed by atoms with E-state index in [4.69, 9.17) is 4.42 Å². The Kier molecular flexibility index (Phi) is 5.38. The molecule has 2 atom stereocenters. The van der Waals surface area contributed by atoms with Crippen molar-refractivity contribution in [2.75, 3.05) is 11.5 Å². The molecule has 2 heterocycles. The Morgan fingerprint density at radius 1 is 1.31 bits per heavy atom. The van der Waals surface area contributed by atoms with Gasteiger partial charge in [0.15, 0.2) is 9.84 Å². The van der Waals surface area contributed by atoms with E-state index in [-0.39, 0.29) is 23.5 Å². The molecule has 1 aliphatic heterocycles. The molecule has 2 aromatic rings. The van der Waals surface area contributed by atoms with E-state index >= 15 is 0 Å². The maximum Gasteiger partial charge on any atom is 0.277 e. The van der Waals surface area contributed by atoms with Gasteiger partial charge in [0.2, 0.25) is 11.8 Å². The number of sulfone groups is 1. The number of hydrogen-bond acceptors (Lipinski definition) is 7. The molecule has 1 aliphatic rings. The lowest BCUT2D eigenvalue weighted by Gasteiger charge is -2.14. The summed E-state index contributed by atoms with van der Waals surface area (Å²) in [7, 11) is -3.02. The van der Waals surface area contributed by atoms with Crippen molar-refractivity contribution in [3.8, 4) is 11.5 Å². The third-order valence-corrected chi connectivity index (χ3v) is 7.09. The van der Waals surface area contributed by atoms with Crippen LogP contribution in [0.15, 0.2) is 27.8 Å². The fourth-order valence-corrected chi connectivity index (χ4v) is 5.05. The Hall–Kier alpha value is -1.87. The van der Waals surface area contributed by atoms with Gasteiger partial charge in [-0.3, -0.25) is 4.79 Å². The molecule has 0 bridgehead atoms. The number of rotatable bonds is 5. The number of nitrogens with one attached hydrogen (secondary N) is 1. The molecule has 26 heavy (non-hydrogen) atoms. The molecule has 1 amide bonds.